The lowest BCUT2D eigenvalue weighted by molar-refractivity contribution is -0.129. The number of aromatic amines is 2. The van der Waals surface area contributed by atoms with Crippen molar-refractivity contribution in [1.82, 2.24) is 41.2 Å². The Balaban J connectivity index is 1.17. The topological polar surface area (TPSA) is 233 Å². The maximum atomic E-state index is 14.4. The van der Waals surface area contributed by atoms with E-state index in [1.807, 2.05) is 109 Å². The highest BCUT2D eigenvalue weighted by Crippen LogP contribution is 2.25. The molecule has 8 N–H and O–H groups in total. The normalized spacial score (nSPS) is 14.6. The van der Waals surface area contributed by atoms with Crippen LogP contribution >= 0.6 is 0 Å². The number of aromatic nitrogens is 4. The molecule has 0 aliphatic heterocycles. The summed E-state index contributed by atoms with van der Waals surface area (Å²) in [5, 5.41) is 35.1. The summed E-state index contributed by atoms with van der Waals surface area (Å²) < 4.78 is 11.0. The molecule has 4 amide bonds. The molecule has 6 rings (SSSR count). The predicted octanol–water partition coefficient (Wildman–Crippen LogP) is 5.93. The molecule has 0 radical (unpaired) electrons. The van der Waals surface area contributed by atoms with Crippen LogP contribution in [0.1, 0.15) is 64.3 Å². The second kappa shape index (κ2) is 22.6. The van der Waals surface area contributed by atoms with Crippen molar-refractivity contribution in [2.24, 2.45) is 16.7 Å². The molecule has 0 fully saturated rings. The third kappa shape index (κ3) is 14.1. The first kappa shape index (κ1) is 49.6. The monoisotopic (exact) mass is 916 g/mol. The minimum absolute atomic E-state index is 0.00246. The number of hydrogen-bond acceptors (Lipinski definition) is 10. The first-order chi connectivity index (χ1) is 32.0. The van der Waals surface area contributed by atoms with Crippen LogP contribution in [0.4, 0.5) is 9.59 Å². The number of rotatable bonds is 20. The van der Waals surface area contributed by atoms with Crippen LogP contribution in [-0.4, -0.2) is 104 Å². The van der Waals surface area contributed by atoms with Gasteiger partial charge in [-0.25, -0.2) is 19.6 Å². The highest BCUT2D eigenvalue weighted by atomic mass is 16.6. The molecule has 16 nitrogen and oxygen atoms in total. The van der Waals surface area contributed by atoms with E-state index in [9.17, 15) is 29.4 Å². The van der Waals surface area contributed by atoms with Gasteiger partial charge in [0.15, 0.2) is 0 Å². The third-order valence-corrected chi connectivity index (χ3v) is 11.6. The molecule has 0 saturated heterocycles. The Labute approximate surface area is 391 Å². The van der Waals surface area contributed by atoms with Crippen molar-refractivity contribution in [1.29, 1.82) is 0 Å². The van der Waals surface area contributed by atoms with Crippen LogP contribution in [0.3, 0.4) is 0 Å². The zero-order valence-electron chi connectivity index (χ0n) is 39.0. The Morgan fingerprint density at radius 3 is 1.36 bits per heavy atom. The molecule has 0 spiro atoms. The van der Waals surface area contributed by atoms with E-state index in [1.54, 1.807) is 41.5 Å². The number of carbonyl (C=O) groups excluding carboxylic acids is 4. The van der Waals surface area contributed by atoms with E-state index in [2.05, 4.69) is 41.2 Å². The highest BCUT2D eigenvalue weighted by molar-refractivity contribution is 5.87. The summed E-state index contributed by atoms with van der Waals surface area (Å²) in [7, 11) is 0. The summed E-state index contributed by atoms with van der Waals surface area (Å²) in [5.41, 5.74) is 3.31. The number of hydrogen-bond donors (Lipinski definition) is 8. The zero-order valence-corrected chi connectivity index (χ0v) is 39.0. The Kier molecular flexibility index (Phi) is 16.8. The van der Waals surface area contributed by atoms with Crippen LogP contribution in [-0.2, 0) is 44.7 Å². The molecule has 16 heteroatoms. The van der Waals surface area contributed by atoms with Crippen molar-refractivity contribution in [2.75, 3.05) is 19.8 Å². The Bertz CT molecular complexity index is 2480. The summed E-state index contributed by atoms with van der Waals surface area (Å²) >= 11 is 0. The van der Waals surface area contributed by atoms with Gasteiger partial charge < -0.3 is 50.9 Å². The standard InChI is InChI=1S/C51H64N8O8/c1-50(2,3)44(58-48(64)66-27-25-41-52-35-21-13-14-22-36(35)53-41)46(62)56-39(29-32-17-9-7-10-18-32)34(31-60)43(61)40(30-33-19-11-8-12-20-33)57-47(63)45(51(4,5)6)59-49(65)67-28-26-42-54-37-23-15-16-24-38(37)55-42/h7-24,34,39-40,43-45,60-61H,25-31H2,1-6H3,(H,52,53)(H,54,55)(H,56,62)(H,57,63)(H,58,64)(H,59,65)/t34-,39+,40+,43+,44-,45-/m1/s1. The van der Waals surface area contributed by atoms with Gasteiger partial charge in [0.1, 0.15) is 36.9 Å². The molecule has 0 aliphatic rings. The summed E-state index contributed by atoms with van der Waals surface area (Å²) in [5.74, 6) is -0.891. The van der Waals surface area contributed by atoms with Gasteiger partial charge >= 0.3 is 12.2 Å². The van der Waals surface area contributed by atoms with Gasteiger partial charge in [0, 0.05) is 24.8 Å². The molecule has 6 atom stereocenters. The van der Waals surface area contributed by atoms with Gasteiger partial charge in [0.25, 0.3) is 0 Å². The lowest BCUT2D eigenvalue weighted by Gasteiger charge is -2.38. The molecule has 0 saturated carbocycles. The van der Waals surface area contributed by atoms with Gasteiger partial charge in [-0.05, 0) is 59.1 Å². The van der Waals surface area contributed by atoms with E-state index in [-0.39, 0.29) is 26.1 Å². The van der Waals surface area contributed by atoms with E-state index >= 15 is 0 Å². The third-order valence-electron chi connectivity index (χ3n) is 11.6. The second-order valence-corrected chi connectivity index (χ2v) is 19.0. The smallest absolute Gasteiger partial charge is 0.407 e. The fraction of sp³-hybridized carbons (Fsp3) is 0.412. The number of benzene rings is 4. The summed E-state index contributed by atoms with van der Waals surface area (Å²) in [6, 6.07) is 29.6. The number of nitrogens with one attached hydrogen (secondary N) is 6. The van der Waals surface area contributed by atoms with Crippen LogP contribution in [0.5, 0.6) is 0 Å². The maximum Gasteiger partial charge on any atom is 0.407 e. The number of imidazole rings is 2. The molecule has 2 aromatic heterocycles. The minimum atomic E-state index is -1.44. The SMILES string of the molecule is CC(C)(C)[C@H](NC(=O)OCCc1nc2ccccc2[nH]1)C(=O)N[C@@H](Cc1ccccc1)[C@@H](O)[C@H](CO)[C@H](Cc1ccccc1)NC(=O)[C@@H](NC(=O)OCCc1nc2ccccc2[nH]1)C(C)(C)C. The van der Waals surface area contributed by atoms with Crippen molar-refractivity contribution in [3.63, 3.8) is 0 Å². The molecule has 0 unspecified atom stereocenters. The predicted molar refractivity (Wildman–Crippen MR) is 256 cm³/mol. The Morgan fingerprint density at radius 2 is 0.955 bits per heavy atom. The van der Waals surface area contributed by atoms with E-state index in [1.165, 1.54) is 0 Å². The van der Waals surface area contributed by atoms with Crippen LogP contribution in [0.2, 0.25) is 0 Å². The average Bonchev–Trinajstić information content (AvgIpc) is 3.91. The highest BCUT2D eigenvalue weighted by Gasteiger charge is 2.41. The second-order valence-electron chi connectivity index (χ2n) is 19.0. The molecule has 2 heterocycles. The number of para-hydroxylation sites is 4. The number of nitrogens with zero attached hydrogens (tertiary/aromatic N) is 2. The molecule has 6 aromatic rings. The molecule has 67 heavy (non-hydrogen) atoms. The number of ether oxygens (including phenoxy) is 2. The van der Waals surface area contributed by atoms with Crippen LogP contribution in [0, 0.1) is 16.7 Å². The van der Waals surface area contributed by atoms with Crippen molar-refractivity contribution >= 4 is 46.1 Å². The van der Waals surface area contributed by atoms with Gasteiger partial charge in [-0.3, -0.25) is 9.59 Å². The van der Waals surface area contributed by atoms with E-state index < -0.39 is 77.6 Å². The molecular weight excluding hydrogens is 853 g/mol. The van der Waals surface area contributed by atoms with Crippen LogP contribution < -0.4 is 21.3 Å². The maximum absolute atomic E-state index is 14.4. The van der Waals surface area contributed by atoms with E-state index in [0.717, 1.165) is 33.2 Å². The number of fused-ring (bicyclic) bond motifs is 2. The quantitative estimate of drug-likeness (QED) is 0.0450. The van der Waals surface area contributed by atoms with Crippen molar-refractivity contribution in [3.05, 3.63) is 132 Å². The lowest BCUT2D eigenvalue weighted by atomic mass is 9.82. The largest absolute Gasteiger partial charge is 0.449 e. The van der Waals surface area contributed by atoms with Gasteiger partial charge in [-0.1, -0.05) is 126 Å². The number of aliphatic hydroxyl groups is 2. The molecule has 356 valence electrons. The van der Waals surface area contributed by atoms with Crippen LogP contribution in [0.15, 0.2) is 109 Å². The zero-order chi connectivity index (χ0) is 48.1. The molecular formula is C51H64N8O8. The fourth-order valence-electron chi connectivity index (χ4n) is 8.01. The number of aliphatic hydroxyl groups excluding tert-OH is 2. The number of H-pyrrole nitrogens is 2. The van der Waals surface area contributed by atoms with Crippen LogP contribution in [0.25, 0.3) is 22.1 Å². The van der Waals surface area contributed by atoms with Crippen molar-refractivity contribution in [2.45, 2.75) is 97.5 Å². The Hall–Kier alpha value is -6.78. The summed E-state index contributed by atoms with van der Waals surface area (Å²) in [6.45, 7) is 10.2. The number of carbonyl (C=O) groups is 4. The lowest BCUT2D eigenvalue weighted by Crippen LogP contribution is -2.61. The molecule has 0 aliphatic carbocycles. The minimum Gasteiger partial charge on any atom is -0.449 e. The molecule has 0 bridgehead atoms. The van der Waals surface area contributed by atoms with E-state index in [0.29, 0.717) is 24.5 Å². The van der Waals surface area contributed by atoms with Gasteiger partial charge in [-0.2, -0.15) is 0 Å². The van der Waals surface area contributed by atoms with Gasteiger partial charge in [0.2, 0.25) is 11.8 Å². The first-order valence-corrected chi connectivity index (χ1v) is 22.7. The van der Waals surface area contributed by atoms with Gasteiger partial charge in [0.05, 0.1) is 40.8 Å². The van der Waals surface area contributed by atoms with Crippen molar-refractivity contribution in [3.8, 4) is 0 Å². The summed E-state index contributed by atoms with van der Waals surface area (Å²) in [4.78, 5) is 70.7. The number of alkyl carbamates (subject to hydrolysis) is 2. The first-order valence-electron chi connectivity index (χ1n) is 22.7. The average molecular weight is 917 g/mol. The van der Waals surface area contributed by atoms with Crippen molar-refractivity contribution < 1.29 is 38.9 Å². The summed E-state index contributed by atoms with van der Waals surface area (Å²) in [6.07, 6.45) is -2.07. The fourth-order valence-corrected chi connectivity index (χ4v) is 8.01. The number of amides is 4. The van der Waals surface area contributed by atoms with E-state index in [4.69, 9.17) is 9.47 Å². The van der Waals surface area contributed by atoms with Gasteiger partial charge in [-0.15, -0.1) is 0 Å². The molecule has 4 aromatic carbocycles. The Morgan fingerprint density at radius 1 is 0.567 bits per heavy atom.